The summed E-state index contributed by atoms with van der Waals surface area (Å²) in [5.74, 6) is 0.728. The van der Waals surface area contributed by atoms with Crippen molar-refractivity contribution in [2.24, 2.45) is 0 Å². The minimum atomic E-state index is -0.0866. The van der Waals surface area contributed by atoms with Crippen LogP contribution < -0.4 is 10.6 Å². The quantitative estimate of drug-likeness (QED) is 0.887. The lowest BCUT2D eigenvalue weighted by Gasteiger charge is -2.11. The average molecular weight is 323 g/mol. The van der Waals surface area contributed by atoms with Crippen LogP contribution in [0.2, 0.25) is 0 Å². The number of furan rings is 1. The van der Waals surface area contributed by atoms with E-state index >= 15 is 0 Å². The number of hydrogen-bond donors (Lipinski definition) is 2. The molecule has 0 aliphatic heterocycles. The highest BCUT2D eigenvalue weighted by molar-refractivity contribution is 9.10. The van der Waals surface area contributed by atoms with Gasteiger partial charge in [0.05, 0.1) is 18.8 Å². The van der Waals surface area contributed by atoms with E-state index in [-0.39, 0.29) is 18.5 Å². The Bertz CT molecular complexity index is 540. The second-order valence-corrected chi connectivity index (χ2v) is 5.09. The van der Waals surface area contributed by atoms with E-state index in [2.05, 4.69) is 26.6 Å². The van der Waals surface area contributed by atoms with Gasteiger partial charge in [0.25, 0.3) is 0 Å². The van der Waals surface area contributed by atoms with E-state index in [9.17, 15) is 4.79 Å². The Hall–Kier alpha value is -1.59. The average Bonchev–Trinajstić information content (AvgIpc) is 2.90. The number of benzene rings is 1. The summed E-state index contributed by atoms with van der Waals surface area (Å²) in [7, 11) is 0. The molecule has 0 spiro atoms. The molecule has 4 nitrogen and oxygen atoms in total. The van der Waals surface area contributed by atoms with E-state index in [1.807, 2.05) is 43.3 Å². The topological polar surface area (TPSA) is 54.3 Å². The van der Waals surface area contributed by atoms with Crippen molar-refractivity contribution < 1.29 is 9.21 Å². The van der Waals surface area contributed by atoms with Crippen molar-refractivity contribution in [3.63, 3.8) is 0 Å². The van der Waals surface area contributed by atoms with Crippen LogP contribution in [0.15, 0.2) is 51.6 Å². The maximum absolute atomic E-state index is 11.8. The van der Waals surface area contributed by atoms with Gasteiger partial charge in [-0.3, -0.25) is 10.1 Å². The molecule has 2 rings (SSSR count). The summed E-state index contributed by atoms with van der Waals surface area (Å²) < 4.78 is 6.19. The third-order valence-corrected chi connectivity index (χ3v) is 3.14. The molecule has 2 N–H and O–H groups in total. The van der Waals surface area contributed by atoms with Gasteiger partial charge in [-0.15, -0.1) is 0 Å². The second-order valence-electron chi connectivity index (χ2n) is 4.18. The Kier molecular flexibility index (Phi) is 4.76. The van der Waals surface area contributed by atoms with E-state index in [0.29, 0.717) is 0 Å². The standard InChI is InChI=1S/C14H15BrN2O2/c1-10(13-6-3-7-19-13)16-9-14(18)17-12-5-2-4-11(15)8-12/h2-8,10,16H,9H2,1H3,(H,17,18). The van der Waals surface area contributed by atoms with Gasteiger partial charge in [-0.05, 0) is 37.3 Å². The fourth-order valence-electron chi connectivity index (χ4n) is 1.66. The number of amides is 1. The van der Waals surface area contributed by atoms with E-state index in [1.54, 1.807) is 6.26 Å². The highest BCUT2D eigenvalue weighted by Crippen LogP contribution is 2.15. The molecule has 0 bridgehead atoms. The Balaban J connectivity index is 1.82. The van der Waals surface area contributed by atoms with Gasteiger partial charge in [0.2, 0.25) is 5.91 Å². The van der Waals surface area contributed by atoms with E-state index in [0.717, 1.165) is 15.9 Å². The molecule has 0 saturated carbocycles. The minimum absolute atomic E-state index is 0.00302. The van der Waals surface area contributed by atoms with Gasteiger partial charge < -0.3 is 9.73 Å². The van der Waals surface area contributed by atoms with Gasteiger partial charge in [0.15, 0.2) is 0 Å². The Labute approximate surface area is 120 Å². The van der Waals surface area contributed by atoms with Crippen LogP contribution in [0.5, 0.6) is 0 Å². The minimum Gasteiger partial charge on any atom is -0.468 e. The van der Waals surface area contributed by atoms with Crippen LogP contribution in [0.1, 0.15) is 18.7 Å². The molecule has 1 aromatic heterocycles. The van der Waals surface area contributed by atoms with Crippen LogP contribution in [0, 0.1) is 0 Å². The van der Waals surface area contributed by atoms with Crippen LogP contribution in [-0.4, -0.2) is 12.5 Å². The van der Waals surface area contributed by atoms with Crippen LogP contribution in [0.4, 0.5) is 5.69 Å². The zero-order valence-electron chi connectivity index (χ0n) is 10.5. The molecule has 1 heterocycles. The van der Waals surface area contributed by atoms with E-state index < -0.39 is 0 Å². The van der Waals surface area contributed by atoms with Crippen LogP contribution >= 0.6 is 15.9 Å². The van der Waals surface area contributed by atoms with Crippen molar-refractivity contribution in [3.05, 3.63) is 52.9 Å². The van der Waals surface area contributed by atoms with Crippen molar-refractivity contribution in [1.29, 1.82) is 0 Å². The van der Waals surface area contributed by atoms with Crippen LogP contribution in [0.3, 0.4) is 0 Å². The summed E-state index contributed by atoms with van der Waals surface area (Å²) in [5.41, 5.74) is 0.770. The largest absolute Gasteiger partial charge is 0.468 e. The molecular weight excluding hydrogens is 308 g/mol. The Morgan fingerprint density at radius 2 is 2.21 bits per heavy atom. The van der Waals surface area contributed by atoms with Gasteiger partial charge in [-0.2, -0.15) is 0 Å². The van der Waals surface area contributed by atoms with Crippen molar-refractivity contribution in [1.82, 2.24) is 5.32 Å². The summed E-state index contributed by atoms with van der Waals surface area (Å²) in [4.78, 5) is 11.8. The molecule has 0 aliphatic carbocycles. The zero-order chi connectivity index (χ0) is 13.7. The first-order valence-electron chi connectivity index (χ1n) is 5.97. The second kappa shape index (κ2) is 6.54. The molecule has 1 aromatic carbocycles. The number of anilines is 1. The number of nitrogens with one attached hydrogen (secondary N) is 2. The Morgan fingerprint density at radius 3 is 2.89 bits per heavy atom. The van der Waals surface area contributed by atoms with Crippen molar-refractivity contribution in [2.45, 2.75) is 13.0 Å². The first-order chi connectivity index (χ1) is 9.15. The maximum atomic E-state index is 11.8. The first-order valence-corrected chi connectivity index (χ1v) is 6.76. The third kappa shape index (κ3) is 4.22. The van der Waals surface area contributed by atoms with Crippen molar-refractivity contribution >= 4 is 27.5 Å². The molecule has 1 amide bonds. The Morgan fingerprint density at radius 1 is 1.37 bits per heavy atom. The molecule has 0 radical (unpaired) electrons. The highest BCUT2D eigenvalue weighted by atomic mass is 79.9. The molecule has 1 unspecified atom stereocenters. The fraction of sp³-hybridized carbons (Fsp3) is 0.214. The van der Waals surface area contributed by atoms with Gasteiger partial charge in [0, 0.05) is 10.2 Å². The van der Waals surface area contributed by atoms with Crippen molar-refractivity contribution in [2.75, 3.05) is 11.9 Å². The third-order valence-electron chi connectivity index (χ3n) is 2.65. The van der Waals surface area contributed by atoms with Gasteiger partial charge in [-0.1, -0.05) is 22.0 Å². The molecule has 0 aliphatic rings. The summed E-state index contributed by atoms with van der Waals surface area (Å²) >= 11 is 3.36. The first kappa shape index (κ1) is 13.8. The molecule has 2 aromatic rings. The lowest BCUT2D eigenvalue weighted by atomic mass is 10.2. The van der Waals surface area contributed by atoms with Gasteiger partial charge >= 0.3 is 0 Å². The molecule has 0 fully saturated rings. The molecule has 0 saturated heterocycles. The lowest BCUT2D eigenvalue weighted by molar-refractivity contribution is -0.115. The summed E-state index contributed by atoms with van der Waals surface area (Å²) in [6.07, 6.45) is 1.62. The molecule has 19 heavy (non-hydrogen) atoms. The van der Waals surface area contributed by atoms with Gasteiger partial charge in [-0.25, -0.2) is 0 Å². The number of rotatable bonds is 5. The predicted octanol–water partition coefficient (Wildman–Crippen LogP) is 3.33. The van der Waals surface area contributed by atoms with Crippen molar-refractivity contribution in [3.8, 4) is 0 Å². The number of halogens is 1. The maximum Gasteiger partial charge on any atom is 0.238 e. The number of hydrogen-bond acceptors (Lipinski definition) is 3. The van der Waals surface area contributed by atoms with Gasteiger partial charge in [0.1, 0.15) is 5.76 Å². The highest BCUT2D eigenvalue weighted by Gasteiger charge is 2.09. The summed E-state index contributed by atoms with van der Waals surface area (Å²) in [5, 5.41) is 5.92. The van der Waals surface area contributed by atoms with Crippen LogP contribution in [-0.2, 0) is 4.79 Å². The molecule has 5 heteroatoms. The summed E-state index contributed by atoms with van der Waals surface area (Å²) in [6.45, 7) is 2.18. The molecule has 100 valence electrons. The number of carbonyl (C=O) groups is 1. The van der Waals surface area contributed by atoms with Crippen LogP contribution in [0.25, 0.3) is 0 Å². The smallest absolute Gasteiger partial charge is 0.238 e. The molecular formula is C14H15BrN2O2. The monoisotopic (exact) mass is 322 g/mol. The lowest BCUT2D eigenvalue weighted by Crippen LogP contribution is -2.29. The SMILES string of the molecule is CC(NCC(=O)Nc1cccc(Br)c1)c1ccco1. The predicted molar refractivity (Wildman–Crippen MR) is 77.9 cm³/mol. The van der Waals surface area contributed by atoms with E-state index in [1.165, 1.54) is 0 Å². The summed E-state index contributed by atoms with van der Waals surface area (Å²) in [6, 6.07) is 11.2. The normalized spacial score (nSPS) is 12.1. The fourth-order valence-corrected chi connectivity index (χ4v) is 2.05. The number of carbonyl (C=O) groups excluding carboxylic acids is 1. The van der Waals surface area contributed by atoms with E-state index in [4.69, 9.17) is 4.42 Å². The zero-order valence-corrected chi connectivity index (χ0v) is 12.1. The molecule has 1 atom stereocenters.